The molecule has 152 valence electrons. The van der Waals surface area contributed by atoms with Crippen LogP contribution in [0.2, 0.25) is 5.02 Å². The van der Waals surface area contributed by atoms with Gasteiger partial charge >= 0.3 is 12.1 Å². The number of hydrogen-bond acceptors (Lipinski definition) is 6. The van der Waals surface area contributed by atoms with Gasteiger partial charge in [0.05, 0.1) is 10.6 Å². The number of carbonyl (C=O) groups excluding carboxylic acids is 2. The molecule has 0 spiro atoms. The maximum atomic E-state index is 12.6. The van der Waals surface area contributed by atoms with Crippen molar-refractivity contribution in [2.45, 2.75) is 6.18 Å². The van der Waals surface area contributed by atoms with E-state index in [2.05, 4.69) is 10.3 Å². The summed E-state index contributed by atoms with van der Waals surface area (Å²) in [6.45, 7) is -0.555. The van der Waals surface area contributed by atoms with Crippen LogP contribution in [0.15, 0.2) is 36.5 Å². The minimum absolute atomic E-state index is 0.122. The van der Waals surface area contributed by atoms with E-state index < -0.39 is 35.2 Å². The molecule has 0 radical (unpaired) electrons. The first-order valence-corrected chi connectivity index (χ1v) is 8.37. The highest BCUT2D eigenvalue weighted by Crippen LogP contribution is 2.33. The van der Waals surface area contributed by atoms with Crippen molar-refractivity contribution in [1.29, 1.82) is 0 Å². The first kappa shape index (κ1) is 20.5. The molecule has 1 aliphatic heterocycles. The molecule has 0 unspecified atom stereocenters. The van der Waals surface area contributed by atoms with E-state index in [-0.39, 0.29) is 12.6 Å². The number of rotatable bonds is 5. The van der Waals surface area contributed by atoms with Gasteiger partial charge < -0.3 is 19.5 Å². The summed E-state index contributed by atoms with van der Waals surface area (Å²) in [4.78, 5) is 27.0. The van der Waals surface area contributed by atoms with Gasteiger partial charge in [-0.15, -0.1) is 0 Å². The quantitative estimate of drug-likeness (QED) is 0.577. The summed E-state index contributed by atoms with van der Waals surface area (Å²) in [5, 5.41) is 1.76. The summed E-state index contributed by atoms with van der Waals surface area (Å²) < 4.78 is 52.9. The van der Waals surface area contributed by atoms with Crippen molar-refractivity contribution in [2.24, 2.45) is 0 Å². The molecule has 0 fully saturated rings. The van der Waals surface area contributed by atoms with Crippen LogP contribution in [0.25, 0.3) is 6.08 Å². The fourth-order valence-corrected chi connectivity index (χ4v) is 2.43. The second kappa shape index (κ2) is 8.39. The number of esters is 1. The number of pyridine rings is 1. The van der Waals surface area contributed by atoms with Crippen molar-refractivity contribution < 1.29 is 37.0 Å². The van der Waals surface area contributed by atoms with Gasteiger partial charge in [-0.3, -0.25) is 4.79 Å². The molecule has 0 aliphatic carbocycles. The average molecular weight is 429 g/mol. The summed E-state index contributed by atoms with van der Waals surface area (Å²) >= 11 is 5.68. The SMILES string of the molecule is O=C(COC(=O)/C=C/c1ccc2c(c1)OCO2)Nc1ncc(C(F)(F)F)cc1Cl. The van der Waals surface area contributed by atoms with Crippen molar-refractivity contribution in [3.63, 3.8) is 0 Å². The van der Waals surface area contributed by atoms with Gasteiger partial charge in [0.25, 0.3) is 5.91 Å². The summed E-state index contributed by atoms with van der Waals surface area (Å²) in [5.41, 5.74) is -0.406. The number of alkyl halides is 3. The standard InChI is InChI=1S/C18H12ClF3N2O5/c19-12-6-11(18(20,21)22)7-23-17(12)24-15(25)8-27-16(26)4-2-10-1-3-13-14(5-10)29-9-28-13/h1-7H,8-9H2,(H,23,24,25)/b4-2+. The number of carbonyl (C=O) groups is 2. The number of hydrogen-bond donors (Lipinski definition) is 1. The summed E-state index contributed by atoms with van der Waals surface area (Å²) in [7, 11) is 0. The van der Waals surface area contributed by atoms with Crippen LogP contribution in [0.4, 0.5) is 19.0 Å². The molecule has 3 rings (SSSR count). The van der Waals surface area contributed by atoms with Gasteiger partial charge in [-0.05, 0) is 29.8 Å². The number of aromatic nitrogens is 1. The van der Waals surface area contributed by atoms with E-state index in [9.17, 15) is 22.8 Å². The summed E-state index contributed by atoms with van der Waals surface area (Å²) in [6.07, 6.45) is -1.52. The topological polar surface area (TPSA) is 86.8 Å². The van der Waals surface area contributed by atoms with Crippen LogP contribution in [0.1, 0.15) is 11.1 Å². The van der Waals surface area contributed by atoms with Gasteiger partial charge in [0.15, 0.2) is 23.9 Å². The molecule has 0 saturated carbocycles. The number of amides is 1. The second-order valence-electron chi connectivity index (χ2n) is 5.65. The molecule has 7 nitrogen and oxygen atoms in total. The molecule has 1 aromatic carbocycles. The third-order valence-corrected chi connectivity index (χ3v) is 3.87. The molecule has 0 atom stereocenters. The lowest BCUT2D eigenvalue weighted by Crippen LogP contribution is -2.21. The largest absolute Gasteiger partial charge is 0.454 e. The third kappa shape index (κ3) is 5.38. The summed E-state index contributed by atoms with van der Waals surface area (Å²) in [5.74, 6) is -0.761. The smallest absolute Gasteiger partial charge is 0.417 e. The fraction of sp³-hybridized carbons (Fsp3) is 0.167. The predicted molar refractivity (Wildman–Crippen MR) is 95.4 cm³/mol. The van der Waals surface area contributed by atoms with Crippen molar-refractivity contribution >= 4 is 35.4 Å². The number of halogens is 4. The Labute approximate surface area is 167 Å². The van der Waals surface area contributed by atoms with Crippen LogP contribution in [-0.4, -0.2) is 30.3 Å². The Morgan fingerprint density at radius 2 is 2.00 bits per heavy atom. The van der Waals surface area contributed by atoms with E-state index in [0.717, 1.165) is 6.08 Å². The molecule has 1 amide bonds. The lowest BCUT2D eigenvalue weighted by Gasteiger charge is -2.10. The zero-order valence-corrected chi connectivity index (χ0v) is 15.2. The Hall–Kier alpha value is -3.27. The molecule has 0 saturated heterocycles. The van der Waals surface area contributed by atoms with E-state index in [4.69, 9.17) is 25.8 Å². The number of anilines is 1. The van der Waals surface area contributed by atoms with Crippen LogP contribution < -0.4 is 14.8 Å². The minimum Gasteiger partial charge on any atom is -0.454 e. The third-order valence-electron chi connectivity index (χ3n) is 3.58. The molecule has 29 heavy (non-hydrogen) atoms. The van der Waals surface area contributed by atoms with Gasteiger partial charge in [-0.2, -0.15) is 13.2 Å². The van der Waals surface area contributed by atoms with Gasteiger partial charge in [0, 0.05) is 12.3 Å². The van der Waals surface area contributed by atoms with Crippen LogP contribution in [-0.2, 0) is 20.5 Å². The van der Waals surface area contributed by atoms with Crippen LogP contribution in [0, 0.1) is 0 Å². The molecule has 1 aliphatic rings. The zero-order chi connectivity index (χ0) is 21.0. The minimum atomic E-state index is -4.61. The van der Waals surface area contributed by atoms with Gasteiger partial charge in [-0.1, -0.05) is 17.7 Å². The molecule has 2 aromatic rings. The van der Waals surface area contributed by atoms with Crippen molar-refractivity contribution in [3.05, 3.63) is 52.7 Å². The highest BCUT2D eigenvalue weighted by atomic mass is 35.5. The normalized spacial score (nSPS) is 12.8. The first-order chi connectivity index (χ1) is 13.7. The molecule has 11 heteroatoms. The average Bonchev–Trinajstić information content (AvgIpc) is 3.13. The van der Waals surface area contributed by atoms with Crippen molar-refractivity contribution in [1.82, 2.24) is 4.98 Å². The number of fused-ring (bicyclic) bond motifs is 1. The Bertz CT molecular complexity index is 978. The number of nitrogens with zero attached hydrogens (tertiary/aromatic N) is 1. The molecule has 2 heterocycles. The van der Waals surface area contributed by atoms with Crippen LogP contribution >= 0.6 is 11.6 Å². The Morgan fingerprint density at radius 3 is 2.72 bits per heavy atom. The molecular formula is C18H12ClF3N2O5. The fourth-order valence-electron chi connectivity index (χ4n) is 2.22. The van der Waals surface area contributed by atoms with E-state index in [0.29, 0.717) is 29.3 Å². The Morgan fingerprint density at radius 1 is 1.24 bits per heavy atom. The van der Waals surface area contributed by atoms with Gasteiger partial charge in [0.2, 0.25) is 6.79 Å². The van der Waals surface area contributed by atoms with E-state index in [1.807, 2.05) is 0 Å². The number of nitrogens with one attached hydrogen (secondary N) is 1. The number of benzene rings is 1. The maximum absolute atomic E-state index is 12.6. The second-order valence-corrected chi connectivity index (χ2v) is 6.06. The first-order valence-electron chi connectivity index (χ1n) is 7.99. The van der Waals surface area contributed by atoms with Gasteiger partial charge in [0.1, 0.15) is 0 Å². The van der Waals surface area contributed by atoms with Crippen molar-refractivity contribution in [3.8, 4) is 11.5 Å². The van der Waals surface area contributed by atoms with Crippen LogP contribution in [0.3, 0.4) is 0 Å². The highest BCUT2D eigenvalue weighted by molar-refractivity contribution is 6.33. The van der Waals surface area contributed by atoms with E-state index in [1.54, 1.807) is 18.2 Å². The maximum Gasteiger partial charge on any atom is 0.417 e. The molecular weight excluding hydrogens is 417 g/mol. The van der Waals surface area contributed by atoms with Crippen LogP contribution in [0.5, 0.6) is 11.5 Å². The molecule has 0 bridgehead atoms. The highest BCUT2D eigenvalue weighted by Gasteiger charge is 2.31. The Balaban J connectivity index is 1.51. The van der Waals surface area contributed by atoms with E-state index >= 15 is 0 Å². The Kier molecular flexibility index (Phi) is 5.92. The lowest BCUT2D eigenvalue weighted by molar-refractivity contribution is -0.142. The van der Waals surface area contributed by atoms with E-state index in [1.165, 1.54) is 6.08 Å². The summed E-state index contributed by atoms with van der Waals surface area (Å²) in [6, 6.07) is 5.67. The molecule has 1 N–H and O–H groups in total. The monoisotopic (exact) mass is 428 g/mol. The lowest BCUT2D eigenvalue weighted by atomic mass is 10.2. The molecule has 1 aromatic heterocycles. The number of ether oxygens (including phenoxy) is 3. The van der Waals surface area contributed by atoms with Crippen molar-refractivity contribution in [2.75, 3.05) is 18.7 Å². The predicted octanol–water partition coefficient (Wildman–Crippen LogP) is 3.68. The van der Waals surface area contributed by atoms with Gasteiger partial charge in [-0.25, -0.2) is 9.78 Å². The zero-order valence-electron chi connectivity index (χ0n) is 14.5.